The maximum Gasteiger partial charge on any atom is 0.292 e. The number of ether oxygens (including phenoxy) is 1. The van der Waals surface area contributed by atoms with Crippen LogP contribution in [0, 0.1) is 0 Å². The molecule has 0 aliphatic carbocycles. The Balaban J connectivity index is 0.000000156. The first-order chi connectivity index (χ1) is 20.1. The molecule has 0 aliphatic heterocycles. The van der Waals surface area contributed by atoms with E-state index in [1.165, 1.54) is 6.20 Å². The fraction of sp³-hybridized carbons (Fsp3) is 0.0303. The van der Waals surface area contributed by atoms with Crippen molar-refractivity contribution in [3.63, 3.8) is 0 Å². The van der Waals surface area contributed by atoms with Crippen molar-refractivity contribution >= 4 is 33.6 Å². The van der Waals surface area contributed by atoms with Gasteiger partial charge in [0.15, 0.2) is 11.5 Å². The summed E-state index contributed by atoms with van der Waals surface area (Å²) >= 11 is 0. The number of hydrogen-bond donors (Lipinski definition) is 3. The largest absolute Gasteiger partial charge is 0.507 e. The Hall–Kier alpha value is -5.76. The number of anilines is 2. The molecule has 5 N–H and O–H groups in total. The van der Waals surface area contributed by atoms with Gasteiger partial charge in [-0.25, -0.2) is 9.97 Å². The second kappa shape index (κ2) is 11.2. The predicted octanol–water partition coefficient (Wildman–Crippen LogP) is 7.44. The molecule has 202 valence electrons. The maximum atomic E-state index is 9.94. The number of nitrogens with two attached hydrogens (primary N) is 2. The van der Waals surface area contributed by atoms with E-state index in [2.05, 4.69) is 16.0 Å². The molecule has 8 nitrogen and oxygen atoms in total. The summed E-state index contributed by atoms with van der Waals surface area (Å²) in [5, 5.41) is 14.0. The molecular weight excluding hydrogens is 516 g/mol. The molecule has 0 bridgehead atoms. The lowest BCUT2D eigenvalue weighted by Crippen LogP contribution is -1.97. The number of benzene rings is 5. The molecule has 0 saturated carbocycles. The van der Waals surface area contributed by atoms with E-state index in [1.54, 1.807) is 12.3 Å². The van der Waals surface area contributed by atoms with Crippen LogP contribution in [0.3, 0.4) is 0 Å². The van der Waals surface area contributed by atoms with Gasteiger partial charge in [0, 0.05) is 0 Å². The number of hydrogen-bond acceptors (Lipinski definition) is 8. The third-order valence-electron chi connectivity index (χ3n) is 6.57. The number of nitrogen functional groups attached to an aromatic ring is 2. The van der Waals surface area contributed by atoms with Crippen LogP contribution in [0.4, 0.5) is 12.0 Å². The lowest BCUT2D eigenvalue weighted by Gasteiger charge is -2.13. The van der Waals surface area contributed by atoms with Crippen LogP contribution >= 0.6 is 0 Å². The van der Waals surface area contributed by atoms with Gasteiger partial charge in [0.2, 0.25) is 0 Å². The van der Waals surface area contributed by atoms with Gasteiger partial charge in [-0.2, -0.15) is 0 Å². The molecule has 7 aromatic rings. The first-order valence-electron chi connectivity index (χ1n) is 12.9. The van der Waals surface area contributed by atoms with Crippen LogP contribution < -0.4 is 16.2 Å². The summed E-state index contributed by atoms with van der Waals surface area (Å²) in [5.41, 5.74) is 13.7. The van der Waals surface area contributed by atoms with Crippen molar-refractivity contribution in [2.24, 2.45) is 0 Å². The number of phenolic OH excluding ortho intramolecular Hbond substituents is 1. The van der Waals surface area contributed by atoms with Crippen LogP contribution in [-0.2, 0) is 6.61 Å². The van der Waals surface area contributed by atoms with E-state index < -0.39 is 0 Å². The van der Waals surface area contributed by atoms with Gasteiger partial charge in [0.1, 0.15) is 18.1 Å². The van der Waals surface area contributed by atoms with E-state index >= 15 is 0 Å². The minimum Gasteiger partial charge on any atom is -0.507 e. The van der Waals surface area contributed by atoms with Gasteiger partial charge in [-0.3, -0.25) is 0 Å². The van der Waals surface area contributed by atoms with Crippen LogP contribution in [0.2, 0.25) is 0 Å². The summed E-state index contributed by atoms with van der Waals surface area (Å²) in [6, 6.07) is 33.6. The van der Waals surface area contributed by atoms with Gasteiger partial charge >= 0.3 is 0 Å². The van der Waals surface area contributed by atoms with Crippen LogP contribution in [0.1, 0.15) is 5.56 Å². The highest BCUT2D eigenvalue weighted by Crippen LogP contribution is 2.39. The monoisotopic (exact) mass is 542 g/mol. The Morgan fingerprint density at radius 1 is 0.610 bits per heavy atom. The van der Waals surface area contributed by atoms with Gasteiger partial charge < -0.3 is 30.1 Å². The Morgan fingerprint density at radius 2 is 1.15 bits per heavy atom. The van der Waals surface area contributed by atoms with E-state index in [1.807, 2.05) is 91.0 Å². The van der Waals surface area contributed by atoms with Gasteiger partial charge in [-0.05, 0) is 39.2 Å². The first kappa shape index (κ1) is 25.5. The summed E-state index contributed by atoms with van der Waals surface area (Å²) in [6.07, 6.45) is 3.14. The van der Waals surface area contributed by atoms with Crippen LogP contribution in [0.15, 0.2) is 124 Å². The summed E-state index contributed by atoms with van der Waals surface area (Å²) in [6.45, 7) is 0.482. The Labute approximate surface area is 235 Å². The number of nitrogens with zero attached hydrogens (tertiary/aromatic N) is 2. The molecular formula is C33H26N4O4. The van der Waals surface area contributed by atoms with E-state index in [0.29, 0.717) is 23.7 Å². The second-order valence-electron chi connectivity index (χ2n) is 9.24. The number of phenols is 1. The SMILES string of the molecule is Nc1ncc(-c2c(O)ccc3ccccc23)o1.Nc1ncc(-c2c(OCc3ccccc3)ccc3ccccc23)o1. The molecule has 5 aromatic carbocycles. The fourth-order valence-corrected chi connectivity index (χ4v) is 4.69. The number of aromatic nitrogens is 2. The summed E-state index contributed by atoms with van der Waals surface area (Å²) in [5.74, 6) is 1.97. The third-order valence-corrected chi connectivity index (χ3v) is 6.57. The Bertz CT molecular complexity index is 1950. The van der Waals surface area contributed by atoms with Crippen molar-refractivity contribution in [2.75, 3.05) is 11.5 Å². The van der Waals surface area contributed by atoms with Crippen molar-refractivity contribution in [1.29, 1.82) is 0 Å². The Kier molecular flexibility index (Phi) is 6.94. The fourth-order valence-electron chi connectivity index (χ4n) is 4.69. The van der Waals surface area contributed by atoms with Crippen molar-refractivity contribution in [1.82, 2.24) is 9.97 Å². The van der Waals surface area contributed by atoms with Crippen LogP contribution in [0.25, 0.3) is 44.2 Å². The molecule has 41 heavy (non-hydrogen) atoms. The minimum absolute atomic E-state index is 0.0901. The molecule has 0 spiro atoms. The van der Waals surface area contributed by atoms with E-state index in [9.17, 15) is 5.11 Å². The van der Waals surface area contributed by atoms with Crippen LogP contribution in [-0.4, -0.2) is 15.1 Å². The predicted molar refractivity (Wildman–Crippen MR) is 160 cm³/mol. The van der Waals surface area contributed by atoms with Gasteiger partial charge in [0.25, 0.3) is 12.0 Å². The molecule has 7 rings (SSSR count). The highest BCUT2D eigenvalue weighted by Gasteiger charge is 2.16. The molecule has 2 heterocycles. The molecule has 0 unspecified atom stereocenters. The number of rotatable bonds is 5. The lowest BCUT2D eigenvalue weighted by molar-refractivity contribution is 0.307. The number of aromatic hydroxyl groups is 1. The summed E-state index contributed by atoms with van der Waals surface area (Å²) < 4.78 is 16.9. The zero-order chi connectivity index (χ0) is 28.2. The topological polar surface area (TPSA) is 134 Å². The molecule has 0 saturated heterocycles. The van der Waals surface area contributed by atoms with E-state index in [4.69, 9.17) is 25.0 Å². The number of oxazole rings is 2. The molecule has 0 fully saturated rings. The van der Waals surface area contributed by atoms with Crippen molar-refractivity contribution in [2.45, 2.75) is 6.61 Å². The molecule has 0 radical (unpaired) electrons. The zero-order valence-corrected chi connectivity index (χ0v) is 21.9. The van der Waals surface area contributed by atoms with Gasteiger partial charge in [-0.15, -0.1) is 0 Å². The smallest absolute Gasteiger partial charge is 0.292 e. The molecule has 0 amide bonds. The second-order valence-corrected chi connectivity index (χ2v) is 9.24. The van der Waals surface area contributed by atoms with Gasteiger partial charge in [-0.1, -0.05) is 91.0 Å². The molecule has 8 heteroatoms. The highest BCUT2D eigenvalue weighted by atomic mass is 16.5. The number of fused-ring (bicyclic) bond motifs is 2. The molecule has 2 aromatic heterocycles. The lowest BCUT2D eigenvalue weighted by atomic mass is 10.0. The van der Waals surface area contributed by atoms with Crippen molar-refractivity contribution < 1.29 is 18.7 Å². The maximum absolute atomic E-state index is 9.94. The van der Waals surface area contributed by atoms with Gasteiger partial charge in [0.05, 0.1) is 23.5 Å². The Morgan fingerprint density at radius 3 is 1.76 bits per heavy atom. The highest BCUT2D eigenvalue weighted by molar-refractivity contribution is 5.99. The van der Waals surface area contributed by atoms with E-state index in [-0.39, 0.29) is 17.8 Å². The normalized spacial score (nSPS) is 10.8. The third kappa shape index (κ3) is 5.39. The quantitative estimate of drug-likeness (QED) is 0.204. The first-order valence-corrected chi connectivity index (χ1v) is 12.9. The average molecular weight is 543 g/mol. The van der Waals surface area contributed by atoms with Crippen LogP contribution in [0.5, 0.6) is 11.5 Å². The van der Waals surface area contributed by atoms with E-state index in [0.717, 1.165) is 38.4 Å². The molecule has 0 atom stereocenters. The molecule has 0 aliphatic rings. The summed E-state index contributed by atoms with van der Waals surface area (Å²) in [7, 11) is 0. The average Bonchev–Trinajstić information content (AvgIpc) is 3.64. The standard InChI is InChI=1S/C20H16N2O2.C13H10N2O2/c21-20-22-12-18(24-20)19-16-9-5-4-8-15(16)10-11-17(19)23-13-14-6-2-1-3-7-14;14-13-15-7-11(17-13)12-9-4-2-1-3-8(9)5-6-10(12)16/h1-12H,13H2,(H2,21,22);1-7,16H,(H2,14,15). The van der Waals surface area contributed by atoms with Crippen molar-refractivity contribution in [3.8, 4) is 34.1 Å². The zero-order valence-electron chi connectivity index (χ0n) is 21.9. The van der Waals surface area contributed by atoms with Crippen molar-refractivity contribution in [3.05, 3.63) is 121 Å². The minimum atomic E-state index is 0.0901. The summed E-state index contributed by atoms with van der Waals surface area (Å²) in [4.78, 5) is 7.86.